The van der Waals surface area contributed by atoms with E-state index in [9.17, 15) is 4.79 Å². The van der Waals surface area contributed by atoms with Gasteiger partial charge in [-0.2, -0.15) is 0 Å². The van der Waals surface area contributed by atoms with E-state index in [1.165, 1.54) is 0 Å². The zero-order chi connectivity index (χ0) is 20.8. The van der Waals surface area contributed by atoms with E-state index in [0.717, 1.165) is 27.7 Å². The lowest BCUT2D eigenvalue weighted by atomic mass is 9.85. The summed E-state index contributed by atoms with van der Waals surface area (Å²) in [7, 11) is 0. The van der Waals surface area contributed by atoms with Gasteiger partial charge < -0.3 is 16.0 Å². The third-order valence-electron chi connectivity index (χ3n) is 5.20. The summed E-state index contributed by atoms with van der Waals surface area (Å²) in [6.45, 7) is 0.324. The van der Waals surface area contributed by atoms with Crippen LogP contribution in [-0.4, -0.2) is 28.5 Å². The molecule has 4 N–H and O–H groups in total. The van der Waals surface area contributed by atoms with Crippen molar-refractivity contribution in [3.63, 3.8) is 0 Å². The molecule has 7 heteroatoms. The lowest BCUT2D eigenvalue weighted by molar-refractivity contribution is -0.117. The number of carbonyl (C=O) groups excluding carboxylic acids is 1. The number of H-pyrrole nitrogens is 1. The number of halogens is 2. The van der Waals surface area contributed by atoms with Crippen molar-refractivity contribution in [2.45, 2.75) is 12.0 Å². The molecule has 0 fully saturated rings. The third kappa shape index (κ3) is 5.77. The number of aromatic amines is 1. The van der Waals surface area contributed by atoms with Crippen molar-refractivity contribution in [2.75, 3.05) is 6.54 Å². The van der Waals surface area contributed by atoms with Crippen LogP contribution in [0.3, 0.4) is 0 Å². The molecule has 4 rings (SSSR count). The van der Waals surface area contributed by atoms with E-state index in [1.807, 2.05) is 54.7 Å². The van der Waals surface area contributed by atoms with Crippen LogP contribution in [0.5, 0.6) is 0 Å². The SMILES string of the molecule is Cl.Cl.NC[C@@H](NC(=O)/C=C/c1c[nH]c2ncccc12)C(c1ccccc1)c1ccccc1. The summed E-state index contributed by atoms with van der Waals surface area (Å²) >= 11 is 0. The summed E-state index contributed by atoms with van der Waals surface area (Å²) in [5.41, 5.74) is 10.1. The standard InChI is InChI=1S/C25H24N4O.2ClH/c26-16-22(24(18-8-3-1-4-9-18)19-10-5-2-6-11-19)29-23(30)14-13-20-17-28-25-21(20)12-7-15-27-25;;/h1-15,17,22,24H,16,26H2,(H,27,28)(H,29,30);2*1H/b14-13+;;/t22-;;/m1../s1. The lowest BCUT2D eigenvalue weighted by Crippen LogP contribution is -2.44. The first kappa shape index (κ1) is 25.1. The van der Waals surface area contributed by atoms with Crippen LogP contribution in [0.15, 0.2) is 91.3 Å². The van der Waals surface area contributed by atoms with E-state index in [0.29, 0.717) is 6.54 Å². The number of nitrogens with two attached hydrogens (primary N) is 1. The summed E-state index contributed by atoms with van der Waals surface area (Å²) in [4.78, 5) is 20.1. The van der Waals surface area contributed by atoms with E-state index in [1.54, 1.807) is 18.3 Å². The Labute approximate surface area is 200 Å². The Hall–Kier alpha value is -3.12. The van der Waals surface area contributed by atoms with Crippen molar-refractivity contribution < 1.29 is 4.79 Å². The second-order valence-corrected chi connectivity index (χ2v) is 7.13. The average Bonchev–Trinajstić information content (AvgIpc) is 3.22. The van der Waals surface area contributed by atoms with Gasteiger partial charge in [0.15, 0.2) is 0 Å². The van der Waals surface area contributed by atoms with Crippen LogP contribution in [0.1, 0.15) is 22.6 Å². The molecule has 0 aliphatic carbocycles. The van der Waals surface area contributed by atoms with Crippen LogP contribution < -0.4 is 11.1 Å². The molecule has 1 atom stereocenters. The van der Waals surface area contributed by atoms with E-state index in [4.69, 9.17) is 5.73 Å². The van der Waals surface area contributed by atoms with Gasteiger partial charge in [0.1, 0.15) is 5.65 Å². The number of rotatable bonds is 7. The highest BCUT2D eigenvalue weighted by molar-refractivity contribution is 5.95. The minimum atomic E-state index is -0.239. The van der Waals surface area contributed by atoms with E-state index in [2.05, 4.69) is 39.6 Å². The molecule has 2 aromatic heterocycles. The fourth-order valence-corrected chi connectivity index (χ4v) is 3.77. The molecule has 5 nitrogen and oxygen atoms in total. The number of hydrogen-bond donors (Lipinski definition) is 3. The van der Waals surface area contributed by atoms with Crippen molar-refractivity contribution in [1.29, 1.82) is 0 Å². The molecule has 0 aliphatic heterocycles. The van der Waals surface area contributed by atoms with E-state index >= 15 is 0 Å². The first-order valence-corrected chi connectivity index (χ1v) is 9.97. The molecule has 0 saturated carbocycles. The highest BCUT2D eigenvalue weighted by Crippen LogP contribution is 2.28. The van der Waals surface area contributed by atoms with Crippen LogP contribution in [0.2, 0.25) is 0 Å². The first-order chi connectivity index (χ1) is 14.8. The smallest absolute Gasteiger partial charge is 0.244 e. The van der Waals surface area contributed by atoms with Gasteiger partial charge in [0.05, 0.1) is 6.04 Å². The van der Waals surface area contributed by atoms with Crippen molar-refractivity contribution >= 4 is 47.8 Å². The Kier molecular flexibility index (Phi) is 9.47. The predicted molar refractivity (Wildman–Crippen MR) is 135 cm³/mol. The molecule has 4 aromatic rings. The Balaban J connectivity index is 0.00000181. The number of carbonyl (C=O) groups is 1. The molecule has 2 heterocycles. The zero-order valence-corrected chi connectivity index (χ0v) is 19.0. The molecule has 166 valence electrons. The Bertz CT molecular complexity index is 1110. The molecule has 0 aliphatic rings. The Morgan fingerprint density at radius 3 is 2.19 bits per heavy atom. The molecule has 0 saturated heterocycles. The molecule has 1 amide bonds. The summed E-state index contributed by atoms with van der Waals surface area (Å²) in [6.07, 6.45) is 6.92. The highest BCUT2D eigenvalue weighted by Gasteiger charge is 2.24. The van der Waals surface area contributed by atoms with Gasteiger partial charge in [0.25, 0.3) is 0 Å². The highest BCUT2D eigenvalue weighted by atomic mass is 35.5. The van der Waals surface area contributed by atoms with E-state index < -0.39 is 0 Å². The molecule has 2 aromatic carbocycles. The average molecular weight is 469 g/mol. The maximum absolute atomic E-state index is 12.7. The van der Waals surface area contributed by atoms with Crippen molar-refractivity contribution in [1.82, 2.24) is 15.3 Å². The van der Waals surface area contributed by atoms with Crippen molar-refractivity contribution in [3.05, 3.63) is 108 Å². The number of nitrogens with one attached hydrogen (secondary N) is 2. The molecule has 0 bridgehead atoms. The summed E-state index contributed by atoms with van der Waals surface area (Å²) in [6, 6.07) is 23.9. The third-order valence-corrected chi connectivity index (χ3v) is 5.20. The van der Waals surface area contributed by atoms with Crippen molar-refractivity contribution in [3.8, 4) is 0 Å². The van der Waals surface area contributed by atoms with Gasteiger partial charge in [-0.15, -0.1) is 24.8 Å². The second kappa shape index (κ2) is 12.1. The minimum absolute atomic E-state index is 0. The molecule has 0 radical (unpaired) electrons. The summed E-state index contributed by atoms with van der Waals surface area (Å²) < 4.78 is 0. The van der Waals surface area contributed by atoms with Crippen molar-refractivity contribution in [2.24, 2.45) is 5.73 Å². The fraction of sp³-hybridized carbons (Fsp3) is 0.120. The number of aromatic nitrogens is 2. The van der Waals surface area contributed by atoms with Gasteiger partial charge in [0, 0.05) is 41.9 Å². The minimum Gasteiger partial charge on any atom is -0.348 e. The monoisotopic (exact) mass is 468 g/mol. The molecule has 0 unspecified atom stereocenters. The Morgan fingerprint density at radius 2 is 1.59 bits per heavy atom. The Morgan fingerprint density at radius 1 is 0.969 bits per heavy atom. The molecule has 32 heavy (non-hydrogen) atoms. The number of hydrogen-bond acceptors (Lipinski definition) is 3. The van der Waals surface area contributed by atoms with Gasteiger partial charge in [0.2, 0.25) is 5.91 Å². The lowest BCUT2D eigenvalue weighted by Gasteiger charge is -2.27. The number of benzene rings is 2. The summed E-state index contributed by atoms with van der Waals surface area (Å²) in [5.74, 6) is -0.215. The number of amides is 1. The quantitative estimate of drug-likeness (QED) is 0.343. The van der Waals surface area contributed by atoms with Gasteiger partial charge in [-0.3, -0.25) is 4.79 Å². The predicted octanol–water partition coefficient (Wildman–Crippen LogP) is 4.70. The maximum Gasteiger partial charge on any atom is 0.244 e. The van der Waals surface area contributed by atoms with Gasteiger partial charge >= 0.3 is 0 Å². The van der Waals surface area contributed by atoms with Crippen LogP contribution in [0.4, 0.5) is 0 Å². The molecular formula is C25H26Cl2N4O. The number of pyridine rings is 1. The van der Waals surface area contributed by atoms with Gasteiger partial charge in [-0.25, -0.2) is 4.98 Å². The van der Waals surface area contributed by atoms with Crippen LogP contribution in [0, 0.1) is 0 Å². The maximum atomic E-state index is 12.7. The van der Waals surface area contributed by atoms with E-state index in [-0.39, 0.29) is 42.7 Å². The largest absolute Gasteiger partial charge is 0.348 e. The normalized spacial score (nSPS) is 11.7. The zero-order valence-electron chi connectivity index (χ0n) is 17.3. The number of fused-ring (bicyclic) bond motifs is 1. The van der Waals surface area contributed by atoms with Gasteiger partial charge in [-0.1, -0.05) is 60.7 Å². The molecular weight excluding hydrogens is 443 g/mol. The topological polar surface area (TPSA) is 83.8 Å². The van der Waals surface area contributed by atoms with Crippen LogP contribution >= 0.6 is 24.8 Å². The van der Waals surface area contributed by atoms with Crippen LogP contribution in [0.25, 0.3) is 17.1 Å². The molecule has 0 spiro atoms. The number of nitrogens with zero attached hydrogens (tertiary/aromatic N) is 1. The first-order valence-electron chi connectivity index (χ1n) is 9.97. The fourth-order valence-electron chi connectivity index (χ4n) is 3.77. The summed E-state index contributed by atoms with van der Waals surface area (Å²) in [5, 5.41) is 4.07. The second-order valence-electron chi connectivity index (χ2n) is 7.13. The van der Waals surface area contributed by atoms with Crippen LogP contribution in [-0.2, 0) is 4.79 Å². The van der Waals surface area contributed by atoms with Gasteiger partial charge in [-0.05, 0) is 29.3 Å².